The lowest BCUT2D eigenvalue weighted by molar-refractivity contribution is 0.0917. The lowest BCUT2D eigenvalue weighted by Gasteiger charge is -2.27. The molecule has 1 fully saturated rings. The molecule has 0 unspecified atom stereocenters. The molecule has 2 aliphatic rings. The van der Waals surface area contributed by atoms with Gasteiger partial charge in [0.05, 0.1) is 0 Å². The maximum Gasteiger partial charge on any atom is 0.268 e. The summed E-state index contributed by atoms with van der Waals surface area (Å²) in [6.07, 6.45) is 8.42. The van der Waals surface area contributed by atoms with Crippen molar-refractivity contribution in [1.82, 2.24) is 9.88 Å². The summed E-state index contributed by atoms with van der Waals surface area (Å²) in [5.74, 6) is -0.00729. The quantitative estimate of drug-likeness (QED) is 0.355. The van der Waals surface area contributed by atoms with Crippen LogP contribution in [0.1, 0.15) is 71.3 Å². The molecular weight excluding hydrogens is 410 g/mol. The third kappa shape index (κ3) is 4.40. The van der Waals surface area contributed by atoms with Crippen molar-refractivity contribution < 1.29 is 4.79 Å². The molecule has 0 aliphatic heterocycles. The van der Waals surface area contributed by atoms with Crippen LogP contribution in [0.15, 0.2) is 42.5 Å². The third-order valence-corrected chi connectivity index (χ3v) is 7.38. The van der Waals surface area contributed by atoms with Crippen molar-refractivity contribution in [3.8, 4) is 0 Å². The van der Waals surface area contributed by atoms with Gasteiger partial charge in [-0.1, -0.05) is 30.3 Å². The molecule has 1 saturated carbocycles. The van der Waals surface area contributed by atoms with E-state index in [1.165, 1.54) is 29.5 Å². The summed E-state index contributed by atoms with van der Waals surface area (Å²) in [4.78, 5) is 13.5. The lowest BCUT2D eigenvalue weighted by atomic mass is 9.88. The average Bonchev–Trinajstić information content (AvgIpc) is 3.18. The normalized spacial score (nSPS) is 20.4. The molecule has 1 amide bonds. The molecule has 0 bridgehead atoms. The number of amides is 1. The molecule has 0 radical (unpaired) electrons. The number of nitrogens with two attached hydrogens (primary N) is 2. The monoisotopic (exact) mass is 443 g/mol. The van der Waals surface area contributed by atoms with E-state index in [-0.39, 0.29) is 23.8 Å². The smallest absolute Gasteiger partial charge is 0.268 e. The zero-order valence-corrected chi connectivity index (χ0v) is 19.1. The second-order valence-corrected chi connectivity index (χ2v) is 9.65. The van der Waals surface area contributed by atoms with Crippen LogP contribution in [0.2, 0.25) is 0 Å². The Balaban J connectivity index is 1.54. The summed E-state index contributed by atoms with van der Waals surface area (Å²) in [6, 6.07) is 14.7. The minimum absolute atomic E-state index is 0.0336. The molecule has 1 aromatic heterocycles. The number of hydrogen-bond acceptors (Lipinski definition) is 3. The summed E-state index contributed by atoms with van der Waals surface area (Å²) in [6.45, 7) is 0.631. The summed E-state index contributed by atoms with van der Waals surface area (Å²) >= 11 is 0. The number of amidine groups is 1. The van der Waals surface area contributed by atoms with Gasteiger partial charge in [0.15, 0.2) is 0 Å². The summed E-state index contributed by atoms with van der Waals surface area (Å²) in [7, 11) is 0. The van der Waals surface area contributed by atoms with Crippen molar-refractivity contribution in [3.63, 3.8) is 0 Å². The van der Waals surface area contributed by atoms with Gasteiger partial charge in [-0.25, -0.2) is 0 Å². The second kappa shape index (κ2) is 9.02. The van der Waals surface area contributed by atoms with Crippen LogP contribution in [0.3, 0.4) is 0 Å². The van der Waals surface area contributed by atoms with Gasteiger partial charge < -0.3 is 21.4 Å². The van der Waals surface area contributed by atoms with Gasteiger partial charge in [-0.3, -0.25) is 10.2 Å². The first-order valence-corrected chi connectivity index (χ1v) is 12.1. The molecule has 0 atom stereocenters. The minimum atomic E-state index is -0.0409. The van der Waals surface area contributed by atoms with Crippen molar-refractivity contribution in [3.05, 3.63) is 70.4 Å². The fourth-order valence-electron chi connectivity index (χ4n) is 5.48. The minimum Gasteiger partial charge on any atom is -0.384 e. The van der Waals surface area contributed by atoms with Gasteiger partial charge in [-0.05, 0) is 80.2 Å². The first-order valence-electron chi connectivity index (χ1n) is 12.1. The van der Waals surface area contributed by atoms with Gasteiger partial charge in [-0.15, -0.1) is 0 Å². The van der Waals surface area contributed by atoms with E-state index in [4.69, 9.17) is 16.9 Å². The molecular formula is C27H33N5O. The first-order chi connectivity index (χ1) is 16.0. The number of nitrogens with zero attached hydrogens (tertiary/aromatic N) is 1. The Morgan fingerprint density at radius 3 is 2.64 bits per heavy atom. The molecule has 6 nitrogen and oxygen atoms in total. The number of nitrogen functional groups attached to an aromatic ring is 1. The fraction of sp³-hybridized carbons (Fsp3) is 0.407. The van der Waals surface area contributed by atoms with Crippen molar-refractivity contribution in [2.24, 2.45) is 11.5 Å². The molecule has 6 heteroatoms. The number of fused-ring (bicyclic) bond motifs is 2. The van der Waals surface area contributed by atoms with Gasteiger partial charge in [0.2, 0.25) is 0 Å². The van der Waals surface area contributed by atoms with E-state index < -0.39 is 0 Å². The SMILES string of the molecule is N=C(N)c1ccc2cc(C(=O)NC3CCC(N)CC3)n(Cc3cccc4c3CCCC4)c2c1. The van der Waals surface area contributed by atoms with Crippen LogP contribution in [0.4, 0.5) is 0 Å². The van der Waals surface area contributed by atoms with Crippen LogP contribution in [0.5, 0.6) is 0 Å². The van der Waals surface area contributed by atoms with Gasteiger partial charge in [0.1, 0.15) is 11.5 Å². The largest absolute Gasteiger partial charge is 0.384 e. The number of nitrogens with one attached hydrogen (secondary N) is 2. The van der Waals surface area contributed by atoms with Crippen molar-refractivity contribution in [2.75, 3.05) is 0 Å². The molecule has 5 rings (SSSR count). The maximum absolute atomic E-state index is 13.5. The number of aryl methyl sites for hydroxylation is 1. The average molecular weight is 444 g/mol. The molecule has 2 aliphatic carbocycles. The summed E-state index contributed by atoms with van der Waals surface area (Å²) in [5, 5.41) is 12.1. The van der Waals surface area contributed by atoms with E-state index in [9.17, 15) is 4.79 Å². The Morgan fingerprint density at radius 2 is 1.85 bits per heavy atom. The Labute approximate surface area is 194 Å². The number of carbonyl (C=O) groups is 1. The van der Waals surface area contributed by atoms with E-state index in [1.54, 1.807) is 0 Å². The highest BCUT2D eigenvalue weighted by atomic mass is 16.2. The van der Waals surface area contributed by atoms with Crippen LogP contribution >= 0.6 is 0 Å². The molecule has 3 aromatic rings. The van der Waals surface area contributed by atoms with Crippen molar-refractivity contribution >= 4 is 22.6 Å². The number of hydrogen-bond donors (Lipinski definition) is 4. The molecule has 0 spiro atoms. The number of rotatable bonds is 5. The van der Waals surface area contributed by atoms with Gasteiger partial charge in [0.25, 0.3) is 5.91 Å². The standard InChI is InChI=1S/C27H33N5O/c28-21-10-12-22(13-11-21)31-27(33)25-14-18-8-9-19(26(29)30)15-24(18)32(25)16-20-6-3-5-17-4-1-2-7-23(17)20/h3,5-6,8-9,14-15,21-22H,1-2,4,7,10-13,16,28H2,(H3,29,30)(H,31,33). The molecule has 2 aromatic carbocycles. The summed E-state index contributed by atoms with van der Waals surface area (Å²) in [5.41, 5.74) is 18.2. The fourth-order valence-corrected chi connectivity index (χ4v) is 5.48. The van der Waals surface area contributed by atoms with Crippen LogP contribution in [-0.2, 0) is 19.4 Å². The first kappa shape index (κ1) is 21.7. The zero-order chi connectivity index (χ0) is 22.9. The van der Waals surface area contributed by atoms with Crippen molar-refractivity contribution in [1.29, 1.82) is 5.41 Å². The van der Waals surface area contributed by atoms with Crippen molar-refractivity contribution in [2.45, 2.75) is 70.0 Å². The highest BCUT2D eigenvalue weighted by Gasteiger charge is 2.24. The molecule has 0 saturated heterocycles. The molecule has 33 heavy (non-hydrogen) atoms. The lowest BCUT2D eigenvalue weighted by Crippen LogP contribution is -2.41. The predicted molar refractivity (Wildman–Crippen MR) is 133 cm³/mol. The van der Waals surface area contributed by atoms with E-state index in [1.807, 2.05) is 24.3 Å². The predicted octanol–water partition coefficient (Wildman–Crippen LogP) is 3.85. The van der Waals surface area contributed by atoms with Crippen LogP contribution in [0.25, 0.3) is 10.9 Å². The van der Waals surface area contributed by atoms with E-state index >= 15 is 0 Å². The Kier molecular flexibility index (Phi) is 5.94. The highest BCUT2D eigenvalue weighted by Crippen LogP contribution is 2.28. The van der Waals surface area contributed by atoms with E-state index in [0.717, 1.165) is 49.4 Å². The van der Waals surface area contributed by atoms with E-state index in [2.05, 4.69) is 28.1 Å². The molecule has 6 N–H and O–H groups in total. The zero-order valence-electron chi connectivity index (χ0n) is 19.1. The highest BCUT2D eigenvalue weighted by molar-refractivity contribution is 6.02. The Morgan fingerprint density at radius 1 is 1.06 bits per heavy atom. The van der Waals surface area contributed by atoms with Crippen LogP contribution in [-0.4, -0.2) is 28.4 Å². The number of aromatic nitrogens is 1. The Hall–Kier alpha value is -3.12. The topological polar surface area (TPSA) is 110 Å². The summed E-state index contributed by atoms with van der Waals surface area (Å²) < 4.78 is 2.11. The van der Waals surface area contributed by atoms with Gasteiger partial charge in [-0.2, -0.15) is 0 Å². The maximum atomic E-state index is 13.5. The van der Waals surface area contributed by atoms with Crippen LogP contribution < -0.4 is 16.8 Å². The van der Waals surface area contributed by atoms with Gasteiger partial charge >= 0.3 is 0 Å². The number of carbonyl (C=O) groups excluding carboxylic acids is 1. The number of benzene rings is 2. The Bertz CT molecular complexity index is 1200. The van der Waals surface area contributed by atoms with Gasteiger partial charge in [0, 0.05) is 35.1 Å². The van der Waals surface area contributed by atoms with Crippen LogP contribution in [0, 0.1) is 5.41 Å². The third-order valence-electron chi connectivity index (χ3n) is 7.38. The second-order valence-electron chi connectivity index (χ2n) is 9.65. The molecule has 172 valence electrons. The molecule has 1 heterocycles. The van der Waals surface area contributed by atoms with E-state index in [0.29, 0.717) is 17.8 Å².